The summed E-state index contributed by atoms with van der Waals surface area (Å²) < 4.78 is 0.942. The smallest absolute Gasteiger partial charge is 0.239 e. The van der Waals surface area contributed by atoms with Gasteiger partial charge >= 0.3 is 0 Å². The summed E-state index contributed by atoms with van der Waals surface area (Å²) in [7, 11) is 0. The molecule has 2 heterocycles. The average molecular weight is 407 g/mol. The predicted molar refractivity (Wildman–Crippen MR) is 106 cm³/mol. The number of aromatic nitrogens is 1. The number of rotatable bonds is 2. The van der Waals surface area contributed by atoms with E-state index in [1.165, 1.54) is 0 Å². The number of nitrogens with zero attached hydrogens (tertiary/aromatic N) is 3. The second-order valence-electron chi connectivity index (χ2n) is 6.09. The minimum atomic E-state index is 0.0249. The van der Waals surface area contributed by atoms with Gasteiger partial charge in [0.2, 0.25) is 5.91 Å². The van der Waals surface area contributed by atoms with Crippen molar-refractivity contribution in [3.05, 3.63) is 64.6 Å². The Morgan fingerprint density at radius 2 is 2.00 bits per heavy atom. The van der Waals surface area contributed by atoms with E-state index in [0.29, 0.717) is 18.8 Å². The fraction of sp³-hybridized carbons (Fsp3) is 0.150. The average Bonchev–Trinajstić information content (AvgIpc) is 2.68. The van der Waals surface area contributed by atoms with Crippen LogP contribution in [0.3, 0.4) is 0 Å². The normalized spacial score (nSPS) is 14.2. The summed E-state index contributed by atoms with van der Waals surface area (Å²) in [6, 6.07) is 13.6. The van der Waals surface area contributed by atoms with Crippen LogP contribution in [0.4, 0.5) is 11.4 Å². The van der Waals surface area contributed by atoms with Gasteiger partial charge in [-0.2, -0.15) is 0 Å². The highest BCUT2D eigenvalue weighted by atomic mass is 79.9. The van der Waals surface area contributed by atoms with Crippen LogP contribution in [0.5, 0.6) is 0 Å². The second kappa shape index (κ2) is 6.77. The number of para-hydroxylation sites is 1. The quantitative estimate of drug-likeness (QED) is 0.650. The van der Waals surface area contributed by atoms with Crippen molar-refractivity contribution < 1.29 is 4.79 Å². The summed E-state index contributed by atoms with van der Waals surface area (Å²) in [5, 5.41) is 3.84. The minimum Gasteiger partial charge on any atom is -0.358 e. The van der Waals surface area contributed by atoms with E-state index in [9.17, 15) is 4.79 Å². The second-order valence-corrected chi connectivity index (χ2v) is 6.88. The zero-order chi connectivity index (χ0) is 18.1. The van der Waals surface area contributed by atoms with Crippen LogP contribution in [0.2, 0.25) is 0 Å². The van der Waals surface area contributed by atoms with Gasteiger partial charge in [-0.1, -0.05) is 42.5 Å². The summed E-state index contributed by atoms with van der Waals surface area (Å²) in [5.74, 6) is 0.0249. The Morgan fingerprint density at radius 3 is 2.73 bits per heavy atom. The predicted octanol–water partition coefficient (Wildman–Crippen LogP) is 4.15. The fourth-order valence-corrected chi connectivity index (χ4v) is 3.87. The van der Waals surface area contributed by atoms with Crippen LogP contribution >= 0.6 is 15.9 Å². The third-order valence-electron chi connectivity index (χ3n) is 4.50. The third-order valence-corrected chi connectivity index (χ3v) is 5.33. The van der Waals surface area contributed by atoms with E-state index in [-0.39, 0.29) is 5.91 Å². The number of pyridine rings is 1. The molecule has 0 bridgehead atoms. The highest BCUT2D eigenvalue weighted by Crippen LogP contribution is 2.37. The van der Waals surface area contributed by atoms with Crippen molar-refractivity contribution in [1.29, 1.82) is 0 Å². The van der Waals surface area contributed by atoms with E-state index in [0.717, 1.165) is 38.7 Å². The highest BCUT2D eigenvalue weighted by Gasteiger charge is 2.20. The molecule has 26 heavy (non-hydrogen) atoms. The Kier molecular flexibility index (Phi) is 4.31. The van der Waals surface area contributed by atoms with Crippen molar-refractivity contribution in [2.75, 3.05) is 24.5 Å². The fourth-order valence-electron chi connectivity index (χ4n) is 3.19. The van der Waals surface area contributed by atoms with Gasteiger partial charge < -0.3 is 10.2 Å². The van der Waals surface area contributed by atoms with Crippen LogP contribution in [0, 0.1) is 6.57 Å². The number of piperazine rings is 1. The van der Waals surface area contributed by atoms with Crippen LogP contribution in [-0.4, -0.2) is 30.5 Å². The van der Waals surface area contributed by atoms with E-state index >= 15 is 0 Å². The van der Waals surface area contributed by atoms with Gasteiger partial charge in [0.15, 0.2) is 5.69 Å². The molecule has 0 radical (unpaired) electrons. The molecule has 2 aromatic carbocycles. The van der Waals surface area contributed by atoms with E-state index in [4.69, 9.17) is 11.6 Å². The molecule has 128 valence electrons. The van der Waals surface area contributed by atoms with Crippen LogP contribution < -0.4 is 10.2 Å². The van der Waals surface area contributed by atoms with Crippen LogP contribution in [0.15, 0.2) is 53.1 Å². The zero-order valence-electron chi connectivity index (χ0n) is 13.9. The maximum atomic E-state index is 11.7. The molecule has 5 nitrogen and oxygen atoms in total. The molecule has 1 aliphatic rings. The maximum absolute atomic E-state index is 11.7. The lowest BCUT2D eigenvalue weighted by Crippen LogP contribution is -2.47. The Hall–Kier alpha value is -2.91. The first kappa shape index (κ1) is 16.6. The Bertz CT molecular complexity index is 1040. The summed E-state index contributed by atoms with van der Waals surface area (Å²) in [5.41, 5.74) is 4.47. The van der Waals surface area contributed by atoms with Gasteiger partial charge in [0.05, 0.1) is 35.0 Å². The molecular formula is C20H15BrN4O. The van der Waals surface area contributed by atoms with Crippen LogP contribution in [0.1, 0.15) is 0 Å². The number of anilines is 1. The Balaban J connectivity index is 1.81. The zero-order valence-corrected chi connectivity index (χ0v) is 15.5. The standard InChI is InChI=1S/C20H15BrN4O/c1-22-14-7-5-13(6-8-14)15-3-2-4-16-19(21)17(11-24-20(15)16)25-10-9-23-18(26)12-25/h2-8,11H,9-10,12H2,(H,23,26). The Labute approximate surface area is 159 Å². The van der Waals surface area contributed by atoms with Crippen molar-refractivity contribution in [1.82, 2.24) is 10.3 Å². The van der Waals surface area contributed by atoms with Crippen LogP contribution in [0.25, 0.3) is 26.9 Å². The number of carbonyl (C=O) groups excluding carboxylic acids is 1. The van der Waals surface area contributed by atoms with E-state index < -0.39 is 0 Å². The van der Waals surface area contributed by atoms with Gasteiger partial charge in [-0.25, -0.2) is 4.85 Å². The molecular weight excluding hydrogens is 392 g/mol. The molecule has 1 fully saturated rings. The molecule has 4 rings (SSSR count). The van der Waals surface area contributed by atoms with Crippen molar-refractivity contribution in [2.45, 2.75) is 0 Å². The molecule has 6 heteroatoms. The molecule has 0 unspecified atom stereocenters. The molecule has 1 amide bonds. The summed E-state index contributed by atoms with van der Waals surface area (Å²) in [6.45, 7) is 8.82. The minimum absolute atomic E-state index is 0.0249. The van der Waals surface area contributed by atoms with Crippen LogP contribution in [-0.2, 0) is 4.79 Å². The SMILES string of the molecule is [C-]#[N+]c1ccc(-c2cccc3c(Br)c(N4CCNC(=O)C4)cnc23)cc1. The van der Waals surface area contributed by atoms with Crippen molar-refractivity contribution in [3.8, 4) is 11.1 Å². The molecule has 1 N–H and O–H groups in total. The number of hydrogen-bond donors (Lipinski definition) is 1. The molecule has 0 saturated carbocycles. The molecule has 1 aliphatic heterocycles. The number of nitrogens with one attached hydrogen (secondary N) is 1. The summed E-state index contributed by atoms with van der Waals surface area (Å²) in [4.78, 5) is 21.9. The van der Waals surface area contributed by atoms with Gasteiger partial charge in [0, 0.05) is 24.0 Å². The molecule has 0 aliphatic carbocycles. The van der Waals surface area contributed by atoms with Crippen molar-refractivity contribution in [3.63, 3.8) is 0 Å². The lowest BCUT2D eigenvalue weighted by molar-refractivity contribution is -0.120. The number of fused-ring (bicyclic) bond motifs is 1. The maximum Gasteiger partial charge on any atom is 0.239 e. The van der Waals surface area contributed by atoms with E-state index in [1.807, 2.05) is 53.6 Å². The Morgan fingerprint density at radius 1 is 1.19 bits per heavy atom. The summed E-state index contributed by atoms with van der Waals surface area (Å²) >= 11 is 3.71. The summed E-state index contributed by atoms with van der Waals surface area (Å²) in [6.07, 6.45) is 1.82. The molecule has 3 aromatic rings. The van der Waals surface area contributed by atoms with Crippen molar-refractivity contribution in [2.24, 2.45) is 0 Å². The third kappa shape index (κ3) is 2.91. The van der Waals surface area contributed by atoms with E-state index in [1.54, 1.807) is 0 Å². The molecule has 0 spiro atoms. The first-order valence-corrected chi connectivity index (χ1v) is 9.03. The lowest BCUT2D eigenvalue weighted by Gasteiger charge is -2.29. The van der Waals surface area contributed by atoms with Crippen molar-refractivity contribution >= 4 is 44.1 Å². The monoisotopic (exact) mass is 406 g/mol. The first-order chi connectivity index (χ1) is 12.7. The van der Waals surface area contributed by atoms with Gasteiger partial charge in [0.25, 0.3) is 0 Å². The van der Waals surface area contributed by atoms with E-state index in [2.05, 4.69) is 26.1 Å². The number of halogens is 1. The topological polar surface area (TPSA) is 49.6 Å². The number of benzene rings is 2. The number of hydrogen-bond acceptors (Lipinski definition) is 3. The largest absolute Gasteiger partial charge is 0.358 e. The molecule has 0 atom stereocenters. The number of amides is 1. The first-order valence-electron chi connectivity index (χ1n) is 8.24. The molecule has 1 saturated heterocycles. The van der Waals surface area contributed by atoms with Gasteiger partial charge in [-0.3, -0.25) is 9.78 Å². The lowest BCUT2D eigenvalue weighted by atomic mass is 10.0. The van der Waals surface area contributed by atoms with Gasteiger partial charge in [-0.05, 0) is 21.5 Å². The highest BCUT2D eigenvalue weighted by molar-refractivity contribution is 9.10. The number of carbonyl (C=O) groups is 1. The van der Waals surface area contributed by atoms with Gasteiger partial charge in [0.1, 0.15) is 0 Å². The molecule has 1 aromatic heterocycles. The van der Waals surface area contributed by atoms with Gasteiger partial charge in [-0.15, -0.1) is 0 Å².